The predicted octanol–water partition coefficient (Wildman–Crippen LogP) is 3.13. The summed E-state index contributed by atoms with van der Waals surface area (Å²) in [6.45, 7) is 2.04. The van der Waals surface area contributed by atoms with Gasteiger partial charge in [0.15, 0.2) is 0 Å². The Morgan fingerprint density at radius 1 is 1.15 bits per heavy atom. The fraction of sp³-hybridized carbons (Fsp3) is 0.188. The fourth-order valence-corrected chi connectivity index (χ4v) is 1.99. The molecule has 0 saturated carbocycles. The predicted molar refractivity (Wildman–Crippen MR) is 81.4 cm³/mol. The smallest absolute Gasteiger partial charge is 0.337 e. The van der Waals surface area contributed by atoms with Gasteiger partial charge < -0.3 is 15.4 Å². The van der Waals surface area contributed by atoms with Crippen LogP contribution in [0, 0.1) is 6.92 Å². The van der Waals surface area contributed by atoms with Crippen molar-refractivity contribution < 1.29 is 9.53 Å². The lowest BCUT2D eigenvalue weighted by atomic mass is 10.1. The zero-order valence-corrected chi connectivity index (χ0v) is 11.9. The lowest BCUT2D eigenvalue weighted by Crippen LogP contribution is -2.13. The van der Waals surface area contributed by atoms with Gasteiger partial charge in [0.05, 0.1) is 24.0 Å². The molecule has 2 aromatic carbocycles. The first-order valence-electron chi connectivity index (χ1n) is 6.31. The molecule has 2 rings (SSSR count). The normalized spacial score (nSPS) is 10.2. The first kappa shape index (κ1) is 13.9. The molecule has 0 radical (unpaired) electrons. The van der Waals surface area contributed by atoms with Crippen LogP contribution in [0.25, 0.3) is 0 Å². The van der Waals surface area contributed by atoms with Crippen LogP contribution >= 0.6 is 0 Å². The topological polar surface area (TPSA) is 55.6 Å². The van der Waals surface area contributed by atoms with E-state index in [1.165, 1.54) is 12.7 Å². The molecular formula is C16H18N2O2. The number of nitrogens with zero attached hydrogens (tertiary/aromatic N) is 1. The van der Waals surface area contributed by atoms with Gasteiger partial charge in [-0.05, 0) is 37.3 Å². The minimum absolute atomic E-state index is 0.372. The summed E-state index contributed by atoms with van der Waals surface area (Å²) in [5, 5.41) is 0. The Kier molecular flexibility index (Phi) is 3.94. The number of esters is 1. The molecule has 0 unspecified atom stereocenters. The molecule has 2 N–H and O–H groups in total. The second kappa shape index (κ2) is 5.65. The number of ether oxygens (including phenoxy) is 1. The van der Waals surface area contributed by atoms with Gasteiger partial charge in [-0.15, -0.1) is 0 Å². The molecule has 2 aromatic rings. The first-order chi connectivity index (χ1) is 9.52. The number of aryl methyl sites for hydroxylation is 1. The van der Waals surface area contributed by atoms with Crippen LogP contribution in [0.2, 0.25) is 0 Å². The first-order valence-corrected chi connectivity index (χ1v) is 6.31. The summed E-state index contributed by atoms with van der Waals surface area (Å²) >= 11 is 0. The molecule has 0 aliphatic carbocycles. The molecular weight excluding hydrogens is 252 g/mol. The Bertz CT molecular complexity index is 621. The van der Waals surface area contributed by atoms with E-state index >= 15 is 0 Å². The molecule has 0 aromatic heterocycles. The van der Waals surface area contributed by atoms with Crippen LogP contribution in [0.4, 0.5) is 17.1 Å². The highest BCUT2D eigenvalue weighted by atomic mass is 16.5. The van der Waals surface area contributed by atoms with Crippen molar-refractivity contribution in [1.82, 2.24) is 0 Å². The van der Waals surface area contributed by atoms with Crippen molar-refractivity contribution in [3.63, 3.8) is 0 Å². The summed E-state index contributed by atoms with van der Waals surface area (Å²) < 4.78 is 4.73. The highest BCUT2D eigenvalue weighted by molar-refractivity contribution is 5.92. The molecule has 104 valence electrons. The molecule has 0 aliphatic rings. The molecule has 0 bridgehead atoms. The molecule has 4 nitrogen and oxygen atoms in total. The summed E-state index contributed by atoms with van der Waals surface area (Å²) in [7, 11) is 3.28. The van der Waals surface area contributed by atoms with E-state index in [1.807, 2.05) is 43.1 Å². The Hall–Kier alpha value is -2.49. The standard InChI is InChI=1S/C16H18N2O2/c1-11-4-7-13(8-5-11)18(2)15-10-12(16(19)20-3)6-9-14(15)17/h4-10H,17H2,1-3H3. The summed E-state index contributed by atoms with van der Waals surface area (Å²) in [4.78, 5) is 13.5. The van der Waals surface area contributed by atoms with Gasteiger partial charge in [-0.25, -0.2) is 4.79 Å². The van der Waals surface area contributed by atoms with E-state index in [4.69, 9.17) is 10.5 Å². The fourth-order valence-electron chi connectivity index (χ4n) is 1.99. The maximum atomic E-state index is 11.6. The summed E-state index contributed by atoms with van der Waals surface area (Å²) in [5.74, 6) is -0.372. The number of carbonyl (C=O) groups excluding carboxylic acids is 1. The summed E-state index contributed by atoms with van der Waals surface area (Å²) in [6, 6.07) is 13.2. The Labute approximate surface area is 118 Å². The van der Waals surface area contributed by atoms with Crippen molar-refractivity contribution >= 4 is 23.0 Å². The van der Waals surface area contributed by atoms with Gasteiger partial charge in [-0.2, -0.15) is 0 Å². The number of nitrogen functional groups attached to an aromatic ring is 1. The highest BCUT2D eigenvalue weighted by Gasteiger charge is 2.12. The van der Waals surface area contributed by atoms with Crippen LogP contribution in [0.3, 0.4) is 0 Å². The van der Waals surface area contributed by atoms with Crippen LogP contribution in [0.5, 0.6) is 0 Å². The van der Waals surface area contributed by atoms with E-state index in [9.17, 15) is 4.79 Å². The van der Waals surface area contributed by atoms with Crippen molar-refractivity contribution in [2.75, 3.05) is 24.8 Å². The molecule has 0 fully saturated rings. The van der Waals surface area contributed by atoms with Crippen molar-refractivity contribution in [3.8, 4) is 0 Å². The van der Waals surface area contributed by atoms with Crippen LogP contribution in [-0.2, 0) is 4.74 Å². The SMILES string of the molecule is COC(=O)c1ccc(N)c(N(C)c2ccc(C)cc2)c1. The van der Waals surface area contributed by atoms with Gasteiger partial charge in [0.1, 0.15) is 0 Å². The second-order valence-corrected chi connectivity index (χ2v) is 4.66. The monoisotopic (exact) mass is 270 g/mol. The molecule has 0 spiro atoms. The second-order valence-electron chi connectivity index (χ2n) is 4.66. The van der Waals surface area contributed by atoms with Crippen LogP contribution < -0.4 is 10.6 Å². The average Bonchev–Trinajstić information content (AvgIpc) is 2.47. The van der Waals surface area contributed by atoms with E-state index in [2.05, 4.69) is 0 Å². The molecule has 4 heteroatoms. The van der Waals surface area contributed by atoms with Gasteiger partial charge in [0.25, 0.3) is 0 Å². The number of anilines is 3. The number of rotatable bonds is 3. The number of benzene rings is 2. The molecule has 0 atom stereocenters. The van der Waals surface area contributed by atoms with Gasteiger partial charge in [0.2, 0.25) is 0 Å². The van der Waals surface area contributed by atoms with E-state index in [-0.39, 0.29) is 5.97 Å². The third-order valence-corrected chi connectivity index (χ3v) is 3.23. The molecule has 0 saturated heterocycles. The van der Waals surface area contributed by atoms with Crippen LogP contribution in [-0.4, -0.2) is 20.1 Å². The van der Waals surface area contributed by atoms with Crippen molar-refractivity contribution in [3.05, 3.63) is 53.6 Å². The largest absolute Gasteiger partial charge is 0.465 e. The number of hydrogen-bond donors (Lipinski definition) is 1. The summed E-state index contributed by atoms with van der Waals surface area (Å²) in [5.41, 5.74) is 10.1. The Morgan fingerprint density at radius 3 is 2.40 bits per heavy atom. The number of methoxy groups -OCH3 is 1. The number of carbonyl (C=O) groups is 1. The summed E-state index contributed by atoms with van der Waals surface area (Å²) in [6.07, 6.45) is 0. The molecule has 0 aliphatic heterocycles. The lowest BCUT2D eigenvalue weighted by Gasteiger charge is -2.22. The Balaban J connectivity index is 2.40. The van der Waals surface area contributed by atoms with Crippen molar-refractivity contribution in [2.45, 2.75) is 6.92 Å². The van der Waals surface area contributed by atoms with Crippen molar-refractivity contribution in [1.29, 1.82) is 0 Å². The van der Waals surface area contributed by atoms with Gasteiger partial charge >= 0.3 is 5.97 Å². The minimum Gasteiger partial charge on any atom is -0.465 e. The lowest BCUT2D eigenvalue weighted by molar-refractivity contribution is 0.0601. The van der Waals surface area contributed by atoms with Crippen molar-refractivity contribution in [2.24, 2.45) is 0 Å². The van der Waals surface area contributed by atoms with Gasteiger partial charge in [-0.1, -0.05) is 17.7 Å². The third kappa shape index (κ3) is 2.74. The van der Waals surface area contributed by atoms with E-state index in [0.29, 0.717) is 11.3 Å². The number of hydrogen-bond acceptors (Lipinski definition) is 4. The molecule has 0 heterocycles. The Morgan fingerprint density at radius 2 is 1.80 bits per heavy atom. The third-order valence-electron chi connectivity index (χ3n) is 3.23. The van der Waals surface area contributed by atoms with Crippen LogP contribution in [0.1, 0.15) is 15.9 Å². The van der Waals surface area contributed by atoms with E-state index in [1.54, 1.807) is 18.2 Å². The highest BCUT2D eigenvalue weighted by Crippen LogP contribution is 2.30. The zero-order chi connectivity index (χ0) is 14.7. The molecule has 20 heavy (non-hydrogen) atoms. The quantitative estimate of drug-likeness (QED) is 0.687. The van der Waals surface area contributed by atoms with E-state index < -0.39 is 0 Å². The van der Waals surface area contributed by atoms with Gasteiger partial charge in [-0.3, -0.25) is 0 Å². The molecule has 0 amide bonds. The average molecular weight is 270 g/mol. The minimum atomic E-state index is -0.372. The maximum Gasteiger partial charge on any atom is 0.337 e. The number of nitrogens with two attached hydrogens (primary N) is 1. The van der Waals surface area contributed by atoms with E-state index in [0.717, 1.165) is 11.4 Å². The van der Waals surface area contributed by atoms with Gasteiger partial charge in [0, 0.05) is 12.7 Å². The van der Waals surface area contributed by atoms with Crippen LogP contribution in [0.15, 0.2) is 42.5 Å². The zero-order valence-electron chi connectivity index (χ0n) is 11.9. The maximum absolute atomic E-state index is 11.6.